The second kappa shape index (κ2) is 4.10. The van der Waals surface area contributed by atoms with Gasteiger partial charge < -0.3 is 0 Å². The van der Waals surface area contributed by atoms with E-state index in [2.05, 4.69) is 34.1 Å². The Morgan fingerprint density at radius 3 is 2.50 bits per heavy atom. The fourth-order valence-electron chi connectivity index (χ4n) is 1.81. The largest absolute Gasteiger partial charge is 0.246 e. The van der Waals surface area contributed by atoms with E-state index in [-0.39, 0.29) is 0 Å². The summed E-state index contributed by atoms with van der Waals surface area (Å²) in [5.74, 6) is 1.23. The van der Waals surface area contributed by atoms with Gasteiger partial charge in [-0.2, -0.15) is 9.61 Å². The molecule has 3 aromatic heterocycles. The Hall–Kier alpha value is -1.34. The third-order valence-electron chi connectivity index (χ3n) is 2.63. The van der Waals surface area contributed by atoms with E-state index in [1.807, 2.05) is 18.4 Å². The predicted octanol–water partition coefficient (Wildman–Crippen LogP) is 3.05. The second-order valence-corrected chi connectivity index (χ2v) is 6.62. The van der Waals surface area contributed by atoms with Gasteiger partial charge in [-0.25, -0.2) is 4.98 Å². The van der Waals surface area contributed by atoms with Crippen LogP contribution in [0.2, 0.25) is 0 Å². The molecule has 0 atom stereocenters. The first kappa shape index (κ1) is 11.7. The first-order valence-corrected chi connectivity index (χ1v) is 7.36. The van der Waals surface area contributed by atoms with Gasteiger partial charge in [-0.05, 0) is 13.8 Å². The average Bonchev–Trinajstić information content (AvgIpc) is 2.90. The molecule has 0 aliphatic rings. The molecule has 0 unspecified atom stereocenters. The number of rotatable bonds is 2. The van der Waals surface area contributed by atoms with Crippen LogP contribution in [0.15, 0.2) is 0 Å². The van der Waals surface area contributed by atoms with Crippen LogP contribution in [0.3, 0.4) is 0 Å². The summed E-state index contributed by atoms with van der Waals surface area (Å²) in [5.41, 5.74) is 1.04. The molecule has 0 saturated heterocycles. The molecule has 0 bridgehead atoms. The summed E-state index contributed by atoms with van der Waals surface area (Å²) in [6.45, 7) is 8.22. The van der Waals surface area contributed by atoms with Gasteiger partial charge in [0.15, 0.2) is 10.8 Å². The minimum Gasteiger partial charge on any atom is -0.246 e. The Morgan fingerprint density at radius 1 is 1.11 bits per heavy atom. The van der Waals surface area contributed by atoms with Crippen molar-refractivity contribution in [3.63, 3.8) is 0 Å². The van der Waals surface area contributed by atoms with E-state index in [1.54, 1.807) is 22.7 Å². The Kier molecular flexibility index (Phi) is 2.67. The van der Waals surface area contributed by atoms with Crippen molar-refractivity contribution in [2.75, 3.05) is 0 Å². The lowest BCUT2D eigenvalue weighted by Gasteiger charge is -1.97. The van der Waals surface area contributed by atoms with Gasteiger partial charge in [-0.3, -0.25) is 0 Å². The molecule has 18 heavy (non-hydrogen) atoms. The Balaban J connectivity index is 2.17. The topological polar surface area (TPSA) is 56.0 Å². The summed E-state index contributed by atoms with van der Waals surface area (Å²) in [5, 5.41) is 15.0. The zero-order valence-corrected chi connectivity index (χ0v) is 12.3. The molecule has 3 rings (SSSR count). The van der Waals surface area contributed by atoms with Crippen molar-refractivity contribution < 1.29 is 0 Å². The summed E-state index contributed by atoms with van der Waals surface area (Å²) in [6, 6.07) is 0. The molecule has 94 valence electrons. The summed E-state index contributed by atoms with van der Waals surface area (Å²) in [4.78, 5) is 6.42. The van der Waals surface area contributed by atoms with Crippen LogP contribution in [0, 0.1) is 13.8 Å². The van der Waals surface area contributed by atoms with E-state index in [0.717, 1.165) is 31.4 Å². The first-order chi connectivity index (χ1) is 8.56. The monoisotopic (exact) mass is 279 g/mol. The number of aryl methyl sites for hydroxylation is 2. The van der Waals surface area contributed by atoms with Gasteiger partial charge in [0.25, 0.3) is 0 Å². The van der Waals surface area contributed by atoms with Crippen LogP contribution in [0.4, 0.5) is 0 Å². The van der Waals surface area contributed by atoms with Crippen molar-refractivity contribution in [1.29, 1.82) is 0 Å². The second-order valence-electron chi connectivity index (χ2n) is 4.46. The Bertz CT molecular complexity index is 706. The molecule has 0 aromatic carbocycles. The van der Waals surface area contributed by atoms with Gasteiger partial charge in [0.2, 0.25) is 4.96 Å². The SMILES string of the molecule is Cc1nc(C)c(-c2nn3c(C(C)C)nnc3s2)s1. The van der Waals surface area contributed by atoms with Crippen LogP contribution < -0.4 is 0 Å². The van der Waals surface area contributed by atoms with E-state index < -0.39 is 0 Å². The molecule has 0 aliphatic carbocycles. The molecular weight excluding hydrogens is 266 g/mol. The quantitative estimate of drug-likeness (QED) is 0.723. The van der Waals surface area contributed by atoms with E-state index in [4.69, 9.17) is 0 Å². The summed E-state index contributed by atoms with van der Waals surface area (Å²) < 4.78 is 1.85. The molecule has 0 spiro atoms. The molecule has 0 radical (unpaired) electrons. The molecule has 0 saturated carbocycles. The average molecular weight is 279 g/mol. The van der Waals surface area contributed by atoms with E-state index in [9.17, 15) is 0 Å². The van der Waals surface area contributed by atoms with Gasteiger partial charge in [0, 0.05) is 5.92 Å². The molecule has 3 heterocycles. The maximum absolute atomic E-state index is 4.62. The van der Waals surface area contributed by atoms with Crippen LogP contribution in [-0.2, 0) is 0 Å². The highest BCUT2D eigenvalue weighted by atomic mass is 32.1. The normalized spacial score (nSPS) is 11.8. The lowest BCUT2D eigenvalue weighted by Crippen LogP contribution is -1.97. The van der Waals surface area contributed by atoms with E-state index in [0.29, 0.717) is 5.92 Å². The maximum Gasteiger partial charge on any atom is 0.235 e. The van der Waals surface area contributed by atoms with Gasteiger partial charge in [0.1, 0.15) is 0 Å². The number of nitrogens with zero attached hydrogens (tertiary/aromatic N) is 5. The molecule has 3 aromatic rings. The van der Waals surface area contributed by atoms with Gasteiger partial charge in [-0.15, -0.1) is 21.5 Å². The number of aromatic nitrogens is 5. The summed E-state index contributed by atoms with van der Waals surface area (Å²) >= 11 is 3.24. The molecule has 5 nitrogen and oxygen atoms in total. The van der Waals surface area contributed by atoms with Crippen molar-refractivity contribution in [2.24, 2.45) is 0 Å². The molecule has 0 fully saturated rings. The minimum absolute atomic E-state index is 0.319. The van der Waals surface area contributed by atoms with Crippen molar-refractivity contribution in [1.82, 2.24) is 24.8 Å². The Labute approximate surface area is 113 Å². The van der Waals surface area contributed by atoms with Crippen LogP contribution in [-0.4, -0.2) is 24.8 Å². The minimum atomic E-state index is 0.319. The van der Waals surface area contributed by atoms with Crippen LogP contribution >= 0.6 is 22.7 Å². The highest BCUT2D eigenvalue weighted by Crippen LogP contribution is 2.33. The maximum atomic E-state index is 4.62. The number of hydrogen-bond donors (Lipinski definition) is 0. The third kappa shape index (κ3) is 1.74. The standard InChI is InChI=1S/C11H13N5S2/c1-5(2)9-13-14-11-16(9)15-10(18-11)8-6(3)12-7(4)17-8/h5H,1-4H3. The molecule has 7 heteroatoms. The van der Waals surface area contributed by atoms with E-state index in [1.165, 1.54) is 0 Å². The zero-order valence-electron chi connectivity index (χ0n) is 10.6. The lowest BCUT2D eigenvalue weighted by atomic mass is 10.2. The number of hydrogen-bond acceptors (Lipinski definition) is 6. The third-order valence-corrected chi connectivity index (χ3v) is 4.75. The summed E-state index contributed by atoms with van der Waals surface area (Å²) in [7, 11) is 0. The van der Waals surface area contributed by atoms with Crippen molar-refractivity contribution >= 4 is 27.6 Å². The highest BCUT2D eigenvalue weighted by Gasteiger charge is 2.17. The van der Waals surface area contributed by atoms with Crippen LogP contribution in [0.1, 0.15) is 36.3 Å². The first-order valence-electron chi connectivity index (χ1n) is 5.73. The van der Waals surface area contributed by atoms with E-state index >= 15 is 0 Å². The Morgan fingerprint density at radius 2 is 1.89 bits per heavy atom. The van der Waals surface area contributed by atoms with Crippen molar-refractivity contribution in [2.45, 2.75) is 33.6 Å². The fraction of sp³-hybridized carbons (Fsp3) is 0.455. The molecular formula is C11H13N5S2. The van der Waals surface area contributed by atoms with Crippen LogP contribution in [0.25, 0.3) is 14.8 Å². The zero-order chi connectivity index (χ0) is 12.9. The number of thiazole rings is 1. The van der Waals surface area contributed by atoms with Gasteiger partial charge in [0.05, 0.1) is 15.6 Å². The fourth-order valence-corrected chi connectivity index (χ4v) is 3.70. The number of fused-ring (bicyclic) bond motifs is 1. The lowest BCUT2D eigenvalue weighted by molar-refractivity contribution is 0.727. The van der Waals surface area contributed by atoms with Crippen molar-refractivity contribution in [3.8, 4) is 9.88 Å². The molecule has 0 aliphatic heterocycles. The summed E-state index contributed by atoms with van der Waals surface area (Å²) in [6.07, 6.45) is 0. The predicted molar refractivity (Wildman–Crippen MR) is 73.3 cm³/mol. The molecule has 0 N–H and O–H groups in total. The van der Waals surface area contributed by atoms with Gasteiger partial charge >= 0.3 is 0 Å². The molecule has 0 amide bonds. The highest BCUT2D eigenvalue weighted by molar-refractivity contribution is 7.24. The van der Waals surface area contributed by atoms with Crippen LogP contribution in [0.5, 0.6) is 0 Å². The smallest absolute Gasteiger partial charge is 0.235 e. The van der Waals surface area contributed by atoms with Gasteiger partial charge in [-0.1, -0.05) is 25.2 Å². The van der Waals surface area contributed by atoms with Crippen molar-refractivity contribution in [3.05, 3.63) is 16.5 Å².